The first-order valence-corrected chi connectivity index (χ1v) is 7.86. The summed E-state index contributed by atoms with van der Waals surface area (Å²) in [6.07, 6.45) is 4.13. The molecule has 0 saturated heterocycles. The van der Waals surface area contributed by atoms with E-state index in [0.717, 1.165) is 24.1 Å². The Morgan fingerprint density at radius 1 is 1.19 bits per heavy atom. The fraction of sp³-hybridized carbons (Fsp3) is 0.526. The van der Waals surface area contributed by atoms with Gasteiger partial charge in [0, 0.05) is 22.9 Å². The van der Waals surface area contributed by atoms with Crippen molar-refractivity contribution in [2.45, 2.75) is 47.5 Å². The highest BCUT2D eigenvalue weighted by atomic mass is 16.1. The van der Waals surface area contributed by atoms with E-state index in [4.69, 9.17) is 0 Å². The third kappa shape index (κ3) is 1.88. The van der Waals surface area contributed by atoms with Gasteiger partial charge in [0.05, 0.1) is 0 Å². The molecule has 112 valence electrons. The zero-order valence-electron chi connectivity index (χ0n) is 13.7. The number of anilines is 1. The molecule has 3 rings (SSSR count). The minimum atomic E-state index is -0.172. The summed E-state index contributed by atoms with van der Waals surface area (Å²) in [7, 11) is 0. The number of benzene rings is 1. The summed E-state index contributed by atoms with van der Waals surface area (Å²) in [5.41, 5.74) is 4.52. The van der Waals surface area contributed by atoms with Crippen LogP contribution in [0.3, 0.4) is 0 Å². The summed E-state index contributed by atoms with van der Waals surface area (Å²) in [4.78, 5) is 12.7. The van der Waals surface area contributed by atoms with E-state index in [1.54, 1.807) is 0 Å². The van der Waals surface area contributed by atoms with Crippen molar-refractivity contribution < 1.29 is 4.79 Å². The maximum absolute atomic E-state index is 12.7. The van der Waals surface area contributed by atoms with Crippen LogP contribution in [0.5, 0.6) is 0 Å². The predicted octanol–water partition coefficient (Wildman–Crippen LogP) is 4.62. The number of nitrogens with one attached hydrogen (secondary N) is 1. The van der Waals surface area contributed by atoms with Crippen LogP contribution in [0.2, 0.25) is 0 Å². The molecule has 2 aliphatic carbocycles. The quantitative estimate of drug-likeness (QED) is 0.802. The third-order valence-electron chi connectivity index (χ3n) is 6.27. The van der Waals surface area contributed by atoms with Gasteiger partial charge in [-0.25, -0.2) is 0 Å². The smallest absolute Gasteiger partial charge is 0.167 e. The van der Waals surface area contributed by atoms with Crippen molar-refractivity contribution in [1.29, 1.82) is 0 Å². The highest BCUT2D eigenvalue weighted by Gasteiger charge is 2.63. The molecule has 1 aromatic rings. The number of Topliss-reactive ketones (excluding diaryl/α,β-unsaturated/α-hetero) is 1. The summed E-state index contributed by atoms with van der Waals surface area (Å²) in [5, 5.41) is 3.34. The van der Waals surface area contributed by atoms with E-state index in [1.807, 2.05) is 6.20 Å². The van der Waals surface area contributed by atoms with Crippen LogP contribution in [0.25, 0.3) is 0 Å². The van der Waals surface area contributed by atoms with Crippen molar-refractivity contribution in [1.82, 2.24) is 0 Å². The number of carbonyl (C=O) groups excluding carboxylic acids is 1. The molecule has 2 nitrogen and oxygen atoms in total. The molecule has 2 unspecified atom stereocenters. The van der Waals surface area contributed by atoms with Gasteiger partial charge in [-0.05, 0) is 61.3 Å². The molecule has 2 bridgehead atoms. The number of rotatable bonds is 2. The lowest BCUT2D eigenvalue weighted by atomic mass is 9.70. The minimum Gasteiger partial charge on any atom is -0.361 e. The molecule has 0 amide bonds. The molecule has 2 heteroatoms. The Balaban J connectivity index is 1.88. The Labute approximate surface area is 127 Å². The van der Waals surface area contributed by atoms with E-state index in [0.29, 0.717) is 11.7 Å². The molecule has 0 heterocycles. The van der Waals surface area contributed by atoms with Crippen molar-refractivity contribution in [3.05, 3.63) is 41.1 Å². The number of hydrogen-bond donors (Lipinski definition) is 1. The molecule has 2 aliphatic rings. The first kappa shape index (κ1) is 14.4. The van der Waals surface area contributed by atoms with Crippen LogP contribution in [0, 0.1) is 30.6 Å². The SMILES string of the molecule is Cc1ccc(N/C=C2/C(=O)C3(C)CCC2C3(C)C)cc1C. The normalized spacial score (nSPS) is 32.0. The number of carbonyl (C=O) groups is 1. The van der Waals surface area contributed by atoms with Crippen LogP contribution in [-0.4, -0.2) is 5.78 Å². The highest BCUT2D eigenvalue weighted by molar-refractivity contribution is 6.04. The zero-order valence-corrected chi connectivity index (χ0v) is 13.7. The van der Waals surface area contributed by atoms with E-state index in [2.05, 4.69) is 58.1 Å². The number of hydrogen-bond acceptors (Lipinski definition) is 2. The van der Waals surface area contributed by atoms with Gasteiger partial charge >= 0.3 is 0 Å². The van der Waals surface area contributed by atoms with Gasteiger partial charge in [0.15, 0.2) is 5.78 Å². The average molecular weight is 283 g/mol. The maximum atomic E-state index is 12.7. The van der Waals surface area contributed by atoms with Crippen molar-refractivity contribution in [2.24, 2.45) is 16.7 Å². The number of aryl methyl sites for hydroxylation is 2. The Morgan fingerprint density at radius 2 is 1.90 bits per heavy atom. The van der Waals surface area contributed by atoms with Crippen LogP contribution in [0.1, 0.15) is 44.7 Å². The van der Waals surface area contributed by atoms with E-state index in [-0.39, 0.29) is 10.8 Å². The fourth-order valence-corrected chi connectivity index (χ4v) is 4.09. The molecule has 2 saturated carbocycles. The largest absolute Gasteiger partial charge is 0.361 e. The first-order valence-electron chi connectivity index (χ1n) is 7.86. The topological polar surface area (TPSA) is 29.1 Å². The van der Waals surface area contributed by atoms with Gasteiger partial charge in [0.25, 0.3) is 0 Å². The summed E-state index contributed by atoms with van der Waals surface area (Å²) in [6, 6.07) is 6.32. The standard InChI is InChI=1S/C19H25NO/c1-12-6-7-14(10-13(12)2)20-11-15-16-8-9-19(5,17(15)21)18(16,3)4/h6-7,10-11,16,20H,8-9H2,1-5H3/b15-11+. The predicted molar refractivity (Wildman–Crippen MR) is 87.2 cm³/mol. The van der Waals surface area contributed by atoms with E-state index in [1.165, 1.54) is 11.1 Å². The molecule has 0 spiro atoms. The molecule has 0 aliphatic heterocycles. The van der Waals surface area contributed by atoms with E-state index >= 15 is 0 Å². The Kier molecular flexibility index (Phi) is 3.05. The third-order valence-corrected chi connectivity index (χ3v) is 6.27. The van der Waals surface area contributed by atoms with Gasteiger partial charge in [0.1, 0.15) is 0 Å². The summed E-state index contributed by atoms with van der Waals surface area (Å²) in [6.45, 7) is 10.9. The second-order valence-electron chi connectivity index (χ2n) is 7.52. The van der Waals surface area contributed by atoms with Crippen molar-refractivity contribution in [3.8, 4) is 0 Å². The molecule has 2 fully saturated rings. The zero-order chi connectivity index (χ0) is 15.4. The molecule has 0 aromatic heterocycles. The monoisotopic (exact) mass is 283 g/mol. The average Bonchev–Trinajstić information content (AvgIpc) is 2.73. The Bertz CT molecular complexity index is 641. The van der Waals surface area contributed by atoms with E-state index < -0.39 is 0 Å². The molecule has 0 radical (unpaired) electrons. The van der Waals surface area contributed by atoms with Gasteiger partial charge in [-0.2, -0.15) is 0 Å². The maximum Gasteiger partial charge on any atom is 0.167 e. The van der Waals surface area contributed by atoms with Crippen LogP contribution in [0.4, 0.5) is 5.69 Å². The summed E-state index contributed by atoms with van der Waals surface area (Å²) >= 11 is 0. The number of allylic oxidation sites excluding steroid dienone is 1. The lowest BCUT2D eigenvalue weighted by Gasteiger charge is -2.31. The van der Waals surface area contributed by atoms with Crippen molar-refractivity contribution >= 4 is 11.5 Å². The number of fused-ring (bicyclic) bond motifs is 2. The Hall–Kier alpha value is -1.57. The lowest BCUT2D eigenvalue weighted by Crippen LogP contribution is -2.32. The second-order valence-corrected chi connectivity index (χ2v) is 7.52. The lowest BCUT2D eigenvalue weighted by molar-refractivity contribution is -0.125. The van der Waals surface area contributed by atoms with Gasteiger partial charge in [-0.15, -0.1) is 0 Å². The van der Waals surface area contributed by atoms with Gasteiger partial charge in [-0.3, -0.25) is 4.79 Å². The van der Waals surface area contributed by atoms with Crippen LogP contribution in [-0.2, 0) is 4.79 Å². The molecular formula is C19H25NO. The Morgan fingerprint density at radius 3 is 2.48 bits per heavy atom. The molecule has 1 aromatic carbocycles. The fourth-order valence-electron chi connectivity index (χ4n) is 4.09. The first-order chi connectivity index (χ1) is 9.77. The molecule has 1 N–H and O–H groups in total. The van der Waals surface area contributed by atoms with Crippen molar-refractivity contribution in [3.63, 3.8) is 0 Å². The molecular weight excluding hydrogens is 258 g/mol. The highest BCUT2D eigenvalue weighted by Crippen LogP contribution is 2.65. The van der Waals surface area contributed by atoms with Crippen LogP contribution < -0.4 is 5.32 Å². The minimum absolute atomic E-state index is 0.0841. The van der Waals surface area contributed by atoms with Crippen LogP contribution in [0.15, 0.2) is 30.0 Å². The van der Waals surface area contributed by atoms with Crippen LogP contribution >= 0.6 is 0 Å². The second kappa shape index (κ2) is 4.46. The summed E-state index contributed by atoms with van der Waals surface area (Å²) < 4.78 is 0. The molecule has 21 heavy (non-hydrogen) atoms. The molecule has 2 atom stereocenters. The van der Waals surface area contributed by atoms with Gasteiger partial charge in [-0.1, -0.05) is 26.8 Å². The van der Waals surface area contributed by atoms with Gasteiger partial charge in [0.2, 0.25) is 0 Å². The van der Waals surface area contributed by atoms with Gasteiger partial charge < -0.3 is 5.32 Å². The number of ketones is 1. The van der Waals surface area contributed by atoms with Crippen molar-refractivity contribution in [2.75, 3.05) is 5.32 Å². The summed E-state index contributed by atoms with van der Waals surface area (Å²) in [5.74, 6) is 0.745. The van der Waals surface area contributed by atoms with E-state index in [9.17, 15) is 4.79 Å².